The maximum absolute atomic E-state index is 14.5. The fourth-order valence-corrected chi connectivity index (χ4v) is 4.48. The Balaban J connectivity index is 1.56. The van der Waals surface area contributed by atoms with E-state index in [0.29, 0.717) is 39.7 Å². The number of hydrogen-bond donors (Lipinski definition) is 1. The molecule has 0 radical (unpaired) electrons. The Morgan fingerprint density at radius 1 is 1.10 bits per heavy atom. The number of fused-ring (bicyclic) bond motifs is 2. The lowest BCUT2D eigenvalue weighted by Crippen LogP contribution is -2.54. The smallest absolute Gasteiger partial charge is 0.173 e. The summed E-state index contributed by atoms with van der Waals surface area (Å²) in [6.07, 6.45) is 5.43. The predicted octanol–water partition coefficient (Wildman–Crippen LogP) is 4.23. The molecule has 1 fully saturated rings. The number of piperazine rings is 1. The van der Waals surface area contributed by atoms with E-state index in [0.717, 1.165) is 29.9 Å². The first-order chi connectivity index (χ1) is 14.4. The summed E-state index contributed by atoms with van der Waals surface area (Å²) in [5, 5.41) is 4.87. The van der Waals surface area contributed by atoms with Gasteiger partial charge in [0.25, 0.3) is 0 Å². The molecule has 1 aliphatic rings. The molecule has 1 saturated heterocycles. The zero-order chi connectivity index (χ0) is 21.0. The Hall–Kier alpha value is -2.77. The average molecular weight is 425 g/mol. The Kier molecular flexibility index (Phi) is 4.60. The second-order valence-electron chi connectivity index (χ2n) is 8.12. The number of imidazole rings is 1. The molecule has 154 valence electrons. The first-order valence-corrected chi connectivity index (χ1v) is 10.4. The highest BCUT2D eigenvalue weighted by atomic mass is 35.5. The van der Waals surface area contributed by atoms with Crippen molar-refractivity contribution < 1.29 is 4.39 Å². The molecule has 1 N–H and O–H groups in total. The van der Waals surface area contributed by atoms with Crippen LogP contribution in [0.15, 0.2) is 36.8 Å². The van der Waals surface area contributed by atoms with E-state index in [4.69, 9.17) is 11.6 Å². The van der Waals surface area contributed by atoms with Gasteiger partial charge in [0.2, 0.25) is 0 Å². The number of halogens is 2. The van der Waals surface area contributed by atoms with Gasteiger partial charge in [-0.1, -0.05) is 11.6 Å². The van der Waals surface area contributed by atoms with Crippen LogP contribution in [0, 0.1) is 12.7 Å². The van der Waals surface area contributed by atoms with Gasteiger partial charge in [0, 0.05) is 48.5 Å². The first-order valence-electron chi connectivity index (χ1n) is 10.00. The maximum Gasteiger partial charge on any atom is 0.173 e. The summed E-state index contributed by atoms with van der Waals surface area (Å²) in [4.78, 5) is 15.7. The molecule has 2 atom stereocenters. The average Bonchev–Trinajstić information content (AvgIpc) is 3.08. The molecule has 0 spiro atoms. The van der Waals surface area contributed by atoms with E-state index in [1.165, 1.54) is 6.07 Å². The van der Waals surface area contributed by atoms with Crippen molar-refractivity contribution in [2.75, 3.05) is 18.0 Å². The fourth-order valence-electron chi connectivity index (χ4n) is 4.23. The van der Waals surface area contributed by atoms with E-state index in [-0.39, 0.29) is 0 Å². The van der Waals surface area contributed by atoms with Crippen LogP contribution in [0.3, 0.4) is 0 Å². The van der Waals surface area contributed by atoms with Gasteiger partial charge in [0.1, 0.15) is 0 Å². The molecule has 5 heterocycles. The zero-order valence-corrected chi connectivity index (χ0v) is 17.8. The number of nitrogens with one attached hydrogen (secondary N) is 1. The Bertz CT molecular complexity index is 1260. The zero-order valence-electron chi connectivity index (χ0n) is 17.0. The highest BCUT2D eigenvalue weighted by Crippen LogP contribution is 2.31. The molecule has 0 bridgehead atoms. The van der Waals surface area contributed by atoms with E-state index in [2.05, 4.69) is 39.0 Å². The molecule has 0 unspecified atom stereocenters. The number of aromatic nitrogens is 4. The molecule has 0 aliphatic carbocycles. The number of pyridine rings is 3. The van der Waals surface area contributed by atoms with E-state index >= 15 is 0 Å². The number of rotatable bonds is 2. The lowest BCUT2D eigenvalue weighted by Gasteiger charge is -2.37. The normalized spacial score (nSPS) is 19.7. The third-order valence-corrected chi connectivity index (χ3v) is 5.76. The van der Waals surface area contributed by atoms with Gasteiger partial charge in [-0.3, -0.25) is 0 Å². The van der Waals surface area contributed by atoms with Crippen molar-refractivity contribution in [2.45, 2.75) is 32.9 Å². The molecule has 6 nitrogen and oxygen atoms in total. The van der Waals surface area contributed by atoms with Crippen molar-refractivity contribution in [3.8, 4) is 11.3 Å². The van der Waals surface area contributed by atoms with Gasteiger partial charge in [0.15, 0.2) is 17.1 Å². The summed E-state index contributed by atoms with van der Waals surface area (Å²) in [5.41, 5.74) is 3.81. The van der Waals surface area contributed by atoms with Crippen LogP contribution in [0.25, 0.3) is 27.9 Å². The van der Waals surface area contributed by atoms with Crippen molar-refractivity contribution in [3.05, 3.63) is 53.3 Å². The van der Waals surface area contributed by atoms with Gasteiger partial charge in [-0.2, -0.15) is 0 Å². The number of aryl methyl sites for hydroxylation is 1. The van der Waals surface area contributed by atoms with Crippen molar-refractivity contribution in [2.24, 2.45) is 0 Å². The van der Waals surface area contributed by atoms with E-state index in [1.54, 1.807) is 22.9 Å². The lowest BCUT2D eigenvalue weighted by atomic mass is 10.1. The second-order valence-corrected chi connectivity index (χ2v) is 8.52. The van der Waals surface area contributed by atoms with Crippen LogP contribution in [-0.4, -0.2) is 44.5 Å². The Morgan fingerprint density at radius 3 is 2.63 bits per heavy atom. The standard InChI is InChI=1S/C22H22ClFN6/c1-12-8-29(9-13(2)26-12)16-5-17-18(23)6-20(28-21(17)25-7-16)15-4-19(24)22-27-14(3)10-30(22)11-15/h4-7,10-13,26H,8-9H2,1-3H3/t12-,13-/m1/s1. The van der Waals surface area contributed by atoms with Gasteiger partial charge in [-0.05, 0) is 39.0 Å². The number of anilines is 1. The molecule has 1 aliphatic heterocycles. The molecule has 30 heavy (non-hydrogen) atoms. The van der Waals surface area contributed by atoms with Crippen molar-refractivity contribution in [1.29, 1.82) is 0 Å². The summed E-state index contributed by atoms with van der Waals surface area (Å²) in [5.74, 6) is -0.399. The monoisotopic (exact) mass is 424 g/mol. The maximum atomic E-state index is 14.5. The van der Waals surface area contributed by atoms with Crippen LogP contribution >= 0.6 is 11.6 Å². The van der Waals surface area contributed by atoms with Gasteiger partial charge < -0.3 is 14.6 Å². The highest BCUT2D eigenvalue weighted by molar-refractivity contribution is 6.35. The summed E-state index contributed by atoms with van der Waals surface area (Å²) in [7, 11) is 0. The Labute approximate surface area is 178 Å². The lowest BCUT2D eigenvalue weighted by molar-refractivity contribution is 0.407. The molecule has 8 heteroatoms. The van der Waals surface area contributed by atoms with E-state index in [9.17, 15) is 4.39 Å². The minimum Gasteiger partial charge on any atom is -0.367 e. The van der Waals surface area contributed by atoms with Crippen LogP contribution in [0.5, 0.6) is 0 Å². The van der Waals surface area contributed by atoms with E-state index in [1.807, 2.05) is 19.2 Å². The number of hydrogen-bond acceptors (Lipinski definition) is 5. The predicted molar refractivity (Wildman–Crippen MR) is 118 cm³/mol. The molecule has 0 saturated carbocycles. The third-order valence-electron chi connectivity index (χ3n) is 5.44. The molecule has 5 rings (SSSR count). The fraction of sp³-hybridized carbons (Fsp3) is 0.318. The summed E-state index contributed by atoms with van der Waals surface area (Å²) in [6, 6.07) is 6.04. The quantitative estimate of drug-likeness (QED) is 0.521. The van der Waals surface area contributed by atoms with Crippen LogP contribution < -0.4 is 10.2 Å². The van der Waals surface area contributed by atoms with Gasteiger partial charge in [-0.15, -0.1) is 0 Å². The Morgan fingerprint density at radius 2 is 1.87 bits per heavy atom. The van der Waals surface area contributed by atoms with Crippen LogP contribution in [0.2, 0.25) is 5.02 Å². The molecular formula is C22H22ClFN6. The minimum atomic E-state index is -0.399. The SMILES string of the molecule is Cc1cn2cc(-c3cc(Cl)c4cc(N5C[C@@H](C)N[C@H](C)C5)cnc4n3)cc(F)c2n1. The molecule has 4 aromatic rings. The van der Waals surface area contributed by atoms with Gasteiger partial charge in [0.05, 0.1) is 28.3 Å². The van der Waals surface area contributed by atoms with Crippen LogP contribution in [0.1, 0.15) is 19.5 Å². The molecular weight excluding hydrogens is 403 g/mol. The summed E-state index contributed by atoms with van der Waals surface area (Å²) < 4.78 is 16.2. The van der Waals surface area contributed by atoms with Crippen molar-refractivity contribution in [1.82, 2.24) is 24.7 Å². The molecule has 0 amide bonds. The molecule has 0 aromatic carbocycles. The largest absolute Gasteiger partial charge is 0.367 e. The van der Waals surface area contributed by atoms with Crippen molar-refractivity contribution in [3.63, 3.8) is 0 Å². The van der Waals surface area contributed by atoms with Crippen LogP contribution in [-0.2, 0) is 0 Å². The molecule has 4 aromatic heterocycles. The first kappa shape index (κ1) is 19.2. The highest BCUT2D eigenvalue weighted by Gasteiger charge is 2.22. The summed E-state index contributed by atoms with van der Waals surface area (Å²) >= 11 is 6.62. The topological polar surface area (TPSA) is 58.4 Å². The van der Waals surface area contributed by atoms with Crippen molar-refractivity contribution >= 4 is 34.0 Å². The second kappa shape index (κ2) is 7.18. The van der Waals surface area contributed by atoms with E-state index < -0.39 is 5.82 Å². The van der Waals surface area contributed by atoms with Gasteiger partial charge in [-0.25, -0.2) is 19.3 Å². The van der Waals surface area contributed by atoms with Crippen LogP contribution in [0.4, 0.5) is 10.1 Å². The number of nitrogens with zero attached hydrogens (tertiary/aromatic N) is 5. The summed E-state index contributed by atoms with van der Waals surface area (Å²) in [6.45, 7) is 8.00. The minimum absolute atomic E-state index is 0.297. The third kappa shape index (κ3) is 3.38. The van der Waals surface area contributed by atoms with Gasteiger partial charge >= 0.3 is 0 Å².